The molecule has 0 atom stereocenters. The van der Waals surface area contributed by atoms with Crippen LogP contribution in [-0.4, -0.2) is 47.5 Å². The minimum atomic E-state index is -1.82. The molecule has 0 spiro atoms. The monoisotopic (exact) mass is 264 g/mol. The van der Waals surface area contributed by atoms with E-state index in [4.69, 9.17) is 31.4 Å². The first-order chi connectivity index (χ1) is 7.99. The quantitative estimate of drug-likeness (QED) is 0.375. The molecule has 0 saturated heterocycles. The Labute approximate surface area is 103 Å². The van der Waals surface area contributed by atoms with Crippen molar-refractivity contribution in [3.63, 3.8) is 0 Å². The molecular formula is C9H13ClN2O5. The van der Waals surface area contributed by atoms with Gasteiger partial charge < -0.3 is 20.4 Å². The van der Waals surface area contributed by atoms with Crippen LogP contribution in [0.25, 0.3) is 0 Å². The predicted molar refractivity (Wildman–Crippen MR) is 61.1 cm³/mol. The highest BCUT2D eigenvalue weighted by atomic mass is 35.5. The van der Waals surface area contributed by atoms with Crippen molar-refractivity contribution >= 4 is 28.7 Å². The van der Waals surface area contributed by atoms with Gasteiger partial charge in [0.1, 0.15) is 7.11 Å². The van der Waals surface area contributed by atoms with E-state index in [9.17, 15) is 0 Å². The van der Waals surface area contributed by atoms with Crippen molar-refractivity contribution in [2.75, 3.05) is 20.2 Å². The van der Waals surface area contributed by atoms with Crippen LogP contribution in [0.5, 0.6) is 0 Å². The second-order valence-corrected chi connectivity index (χ2v) is 3.23. The van der Waals surface area contributed by atoms with Crippen LogP contribution in [0, 0.1) is 0 Å². The van der Waals surface area contributed by atoms with Gasteiger partial charge in [0.2, 0.25) is 0 Å². The van der Waals surface area contributed by atoms with Crippen LogP contribution in [0.4, 0.5) is 0 Å². The van der Waals surface area contributed by atoms with Crippen LogP contribution in [0.3, 0.4) is 0 Å². The normalized spacial score (nSPS) is 15.2. The summed E-state index contributed by atoms with van der Waals surface area (Å²) in [7, 11) is 1.49. The molecular weight excluding hydrogens is 252 g/mol. The lowest BCUT2D eigenvalue weighted by Gasteiger charge is -2.11. The average Bonchev–Trinajstić information content (AvgIpc) is 2.31. The number of oxime groups is 1. The summed E-state index contributed by atoms with van der Waals surface area (Å²) in [5, 5.41) is 22.0. The fourth-order valence-electron chi connectivity index (χ4n) is 0.940. The smallest absolute Gasteiger partial charge is 0.414 e. The van der Waals surface area contributed by atoms with Crippen molar-refractivity contribution in [3.05, 3.63) is 11.6 Å². The maximum absolute atomic E-state index is 9.10. The van der Waals surface area contributed by atoms with E-state index in [2.05, 4.69) is 21.4 Å². The largest absolute Gasteiger partial charge is 0.473 e. The van der Waals surface area contributed by atoms with Gasteiger partial charge in [0.25, 0.3) is 0 Å². The lowest BCUT2D eigenvalue weighted by atomic mass is 10.2. The van der Waals surface area contributed by atoms with Crippen molar-refractivity contribution in [1.82, 2.24) is 5.32 Å². The van der Waals surface area contributed by atoms with Crippen LogP contribution >= 0.6 is 11.6 Å². The molecule has 1 aliphatic rings. The molecule has 0 aromatic heterocycles. The maximum Gasteiger partial charge on any atom is 0.414 e. The van der Waals surface area contributed by atoms with E-state index in [1.807, 2.05) is 0 Å². The minimum Gasteiger partial charge on any atom is -0.473 e. The molecule has 17 heavy (non-hydrogen) atoms. The van der Waals surface area contributed by atoms with Gasteiger partial charge in [-0.3, -0.25) is 0 Å². The molecule has 3 N–H and O–H groups in total. The molecule has 0 amide bonds. The minimum absolute atomic E-state index is 0.444. The third kappa shape index (κ3) is 7.31. The van der Waals surface area contributed by atoms with Crippen molar-refractivity contribution in [3.8, 4) is 0 Å². The summed E-state index contributed by atoms with van der Waals surface area (Å²) in [4.78, 5) is 22.7. The molecule has 0 aromatic carbocycles. The fourth-order valence-corrected chi connectivity index (χ4v) is 1.15. The molecule has 0 aliphatic carbocycles. The Bertz CT molecular complexity index is 328. The molecule has 7 nitrogen and oxygen atoms in total. The maximum atomic E-state index is 9.10. The van der Waals surface area contributed by atoms with Gasteiger partial charge in [-0.2, -0.15) is 0 Å². The number of carboxylic acid groups (broad SMARTS) is 2. The first-order valence-corrected chi connectivity index (χ1v) is 4.99. The van der Waals surface area contributed by atoms with E-state index in [0.717, 1.165) is 25.1 Å². The second kappa shape index (κ2) is 8.54. The molecule has 0 aromatic rings. The molecule has 0 radical (unpaired) electrons. The van der Waals surface area contributed by atoms with E-state index >= 15 is 0 Å². The first kappa shape index (κ1) is 15.4. The van der Waals surface area contributed by atoms with Gasteiger partial charge in [-0.25, -0.2) is 9.59 Å². The number of halogens is 1. The topological polar surface area (TPSA) is 108 Å². The third-order valence-electron chi connectivity index (χ3n) is 1.65. The summed E-state index contributed by atoms with van der Waals surface area (Å²) in [6, 6.07) is 0. The van der Waals surface area contributed by atoms with Crippen molar-refractivity contribution in [2.45, 2.75) is 6.42 Å². The van der Waals surface area contributed by atoms with E-state index < -0.39 is 11.9 Å². The highest BCUT2D eigenvalue weighted by molar-refractivity contribution is 6.69. The lowest BCUT2D eigenvalue weighted by molar-refractivity contribution is -0.159. The van der Waals surface area contributed by atoms with Gasteiger partial charge in [-0.05, 0) is 13.0 Å². The Hall–Kier alpha value is -1.60. The number of aliphatic carboxylic acids is 2. The van der Waals surface area contributed by atoms with Gasteiger partial charge in [-0.1, -0.05) is 22.8 Å². The van der Waals surface area contributed by atoms with Crippen molar-refractivity contribution < 1.29 is 24.6 Å². The second-order valence-electron chi connectivity index (χ2n) is 2.87. The molecule has 0 fully saturated rings. The Balaban J connectivity index is 0.000000366. The Morgan fingerprint density at radius 2 is 2.06 bits per heavy atom. The van der Waals surface area contributed by atoms with E-state index in [1.165, 1.54) is 7.11 Å². The van der Waals surface area contributed by atoms with Crippen LogP contribution < -0.4 is 5.32 Å². The number of carboxylic acids is 2. The number of nitrogens with zero attached hydrogens (tertiary/aromatic N) is 1. The molecule has 1 aliphatic heterocycles. The zero-order valence-corrected chi connectivity index (χ0v) is 9.90. The number of carbonyl (C=O) groups is 2. The summed E-state index contributed by atoms with van der Waals surface area (Å²) >= 11 is 5.78. The van der Waals surface area contributed by atoms with E-state index in [1.54, 1.807) is 0 Å². The van der Waals surface area contributed by atoms with Gasteiger partial charge in [0.05, 0.1) is 0 Å². The van der Waals surface area contributed by atoms with Gasteiger partial charge in [0.15, 0.2) is 5.17 Å². The molecule has 0 bridgehead atoms. The molecule has 1 rings (SSSR count). The van der Waals surface area contributed by atoms with Gasteiger partial charge >= 0.3 is 11.9 Å². The molecule has 0 saturated carbocycles. The van der Waals surface area contributed by atoms with Crippen molar-refractivity contribution in [2.24, 2.45) is 5.16 Å². The molecule has 0 unspecified atom stereocenters. The Morgan fingerprint density at radius 3 is 2.41 bits per heavy atom. The fraction of sp³-hybridized carbons (Fsp3) is 0.444. The Kier molecular flexibility index (Phi) is 7.74. The standard InChI is InChI=1S/C7H11ClN2O.C2H2O4/c1-11-10-7(8)6-3-2-4-9-5-6;3-1(4)2(5)6/h3,9H,2,4-5H2,1H3;(H,3,4)(H,5,6). The lowest BCUT2D eigenvalue weighted by Crippen LogP contribution is -2.24. The molecule has 8 heteroatoms. The van der Waals surface area contributed by atoms with E-state index in [0.29, 0.717) is 5.17 Å². The van der Waals surface area contributed by atoms with Gasteiger partial charge in [-0.15, -0.1) is 0 Å². The SMILES string of the molecule is CON=C(Cl)C1=CCCNC1.O=C(O)C(=O)O. The summed E-state index contributed by atoms with van der Waals surface area (Å²) in [6.45, 7) is 1.80. The highest BCUT2D eigenvalue weighted by Gasteiger charge is 2.07. The summed E-state index contributed by atoms with van der Waals surface area (Å²) in [6.07, 6.45) is 3.08. The van der Waals surface area contributed by atoms with Gasteiger partial charge in [0, 0.05) is 12.1 Å². The van der Waals surface area contributed by atoms with Crippen LogP contribution in [0.1, 0.15) is 6.42 Å². The van der Waals surface area contributed by atoms with E-state index in [-0.39, 0.29) is 0 Å². The number of hydrogen-bond donors (Lipinski definition) is 3. The average molecular weight is 265 g/mol. The highest BCUT2D eigenvalue weighted by Crippen LogP contribution is 2.06. The van der Waals surface area contributed by atoms with Crippen LogP contribution in [0.15, 0.2) is 16.8 Å². The Morgan fingerprint density at radius 1 is 1.47 bits per heavy atom. The summed E-state index contributed by atoms with van der Waals surface area (Å²) < 4.78 is 0. The number of nitrogens with one attached hydrogen (secondary N) is 1. The summed E-state index contributed by atoms with van der Waals surface area (Å²) in [5.41, 5.74) is 1.01. The zero-order chi connectivity index (χ0) is 13.3. The van der Waals surface area contributed by atoms with Crippen molar-refractivity contribution in [1.29, 1.82) is 0 Å². The summed E-state index contributed by atoms with van der Waals surface area (Å²) in [5.74, 6) is -3.65. The zero-order valence-electron chi connectivity index (χ0n) is 9.14. The van der Waals surface area contributed by atoms with Crippen LogP contribution in [-0.2, 0) is 14.4 Å². The predicted octanol–water partition coefficient (Wildman–Crippen LogP) is 0.260. The number of hydrogen-bond acceptors (Lipinski definition) is 5. The molecule has 96 valence electrons. The number of rotatable bonds is 2. The third-order valence-corrected chi connectivity index (χ3v) is 1.96. The first-order valence-electron chi connectivity index (χ1n) is 4.62. The van der Waals surface area contributed by atoms with Crippen LogP contribution in [0.2, 0.25) is 0 Å². The molecule has 1 heterocycles.